The molecule has 0 atom stereocenters. The first-order valence-corrected chi connectivity index (χ1v) is 6.21. The van der Waals surface area contributed by atoms with Crippen LogP contribution in [0.25, 0.3) is 22.5 Å². The van der Waals surface area contributed by atoms with Crippen LogP contribution in [-0.4, -0.2) is 20.2 Å². The highest BCUT2D eigenvalue weighted by Gasteiger charge is 2.05. The lowest BCUT2D eigenvalue weighted by Gasteiger charge is -2.05. The number of aryl methyl sites for hydroxylation is 1. The van der Waals surface area contributed by atoms with E-state index in [-0.39, 0.29) is 5.95 Å². The second kappa shape index (κ2) is 5.05. The smallest absolute Gasteiger partial charge is 0.220 e. The number of hydrogen-bond donors (Lipinski definition) is 1. The molecule has 2 N–H and O–H groups in total. The van der Waals surface area contributed by atoms with E-state index < -0.39 is 0 Å². The predicted octanol–water partition coefficient (Wildman–Crippen LogP) is 2.49. The Labute approximate surface area is 116 Å². The number of nitrogens with zero attached hydrogens (tertiary/aromatic N) is 4. The van der Waals surface area contributed by atoms with Crippen molar-refractivity contribution in [3.63, 3.8) is 0 Å². The Bertz CT molecular complexity index is 737. The molecule has 5 nitrogen and oxygen atoms in total. The van der Waals surface area contributed by atoms with Gasteiger partial charge < -0.3 is 5.73 Å². The number of hydrogen-bond acceptors (Lipinski definition) is 5. The highest BCUT2D eigenvalue weighted by Crippen LogP contribution is 2.24. The summed E-state index contributed by atoms with van der Waals surface area (Å²) in [6, 6.07) is 11.8. The Morgan fingerprint density at radius 3 is 2.35 bits per heavy atom. The first-order valence-electron chi connectivity index (χ1n) is 6.21. The van der Waals surface area contributed by atoms with Crippen molar-refractivity contribution in [2.24, 2.45) is 0 Å². The average Bonchev–Trinajstić information content (AvgIpc) is 2.48. The van der Waals surface area contributed by atoms with Crippen molar-refractivity contribution in [2.75, 3.05) is 5.73 Å². The van der Waals surface area contributed by atoms with Gasteiger partial charge in [0.25, 0.3) is 0 Å². The molecule has 0 saturated carbocycles. The van der Waals surface area contributed by atoms with E-state index >= 15 is 0 Å². The molecule has 0 fully saturated rings. The van der Waals surface area contributed by atoms with Crippen molar-refractivity contribution in [1.82, 2.24) is 20.2 Å². The Hall–Kier alpha value is -2.82. The van der Waals surface area contributed by atoms with E-state index in [0.717, 1.165) is 28.1 Å². The lowest BCUT2D eigenvalue weighted by atomic mass is 10.0. The second-order valence-electron chi connectivity index (χ2n) is 4.44. The van der Waals surface area contributed by atoms with E-state index in [1.54, 1.807) is 12.4 Å². The van der Waals surface area contributed by atoms with Crippen LogP contribution in [-0.2, 0) is 0 Å². The van der Waals surface area contributed by atoms with E-state index in [2.05, 4.69) is 20.2 Å². The molecule has 0 aliphatic rings. The van der Waals surface area contributed by atoms with E-state index in [1.165, 1.54) is 0 Å². The quantitative estimate of drug-likeness (QED) is 0.768. The highest BCUT2D eigenvalue weighted by atomic mass is 15.1. The Kier molecular flexibility index (Phi) is 3.09. The van der Waals surface area contributed by atoms with Crippen LogP contribution in [0.4, 0.5) is 5.95 Å². The summed E-state index contributed by atoms with van der Waals surface area (Å²) < 4.78 is 0. The van der Waals surface area contributed by atoms with Crippen molar-refractivity contribution in [1.29, 1.82) is 0 Å². The van der Waals surface area contributed by atoms with Crippen LogP contribution in [0.2, 0.25) is 0 Å². The lowest BCUT2D eigenvalue weighted by molar-refractivity contribution is 1.02. The van der Waals surface area contributed by atoms with Crippen LogP contribution in [0.3, 0.4) is 0 Å². The van der Waals surface area contributed by atoms with Gasteiger partial charge in [0.2, 0.25) is 5.95 Å². The van der Waals surface area contributed by atoms with Gasteiger partial charge >= 0.3 is 0 Å². The van der Waals surface area contributed by atoms with Crippen LogP contribution >= 0.6 is 0 Å². The fourth-order valence-electron chi connectivity index (χ4n) is 2.01. The summed E-state index contributed by atoms with van der Waals surface area (Å²) in [7, 11) is 0. The van der Waals surface area contributed by atoms with E-state index in [1.807, 2.05) is 43.3 Å². The van der Waals surface area contributed by atoms with Gasteiger partial charge in [-0.3, -0.25) is 0 Å². The molecule has 2 aromatic heterocycles. The largest absolute Gasteiger partial charge is 0.368 e. The summed E-state index contributed by atoms with van der Waals surface area (Å²) in [4.78, 5) is 8.09. The molecule has 1 aromatic carbocycles. The summed E-state index contributed by atoms with van der Waals surface area (Å²) >= 11 is 0. The number of nitrogens with two attached hydrogens (primary N) is 1. The number of anilines is 1. The predicted molar refractivity (Wildman–Crippen MR) is 77.6 cm³/mol. The molecule has 0 aliphatic heterocycles. The van der Waals surface area contributed by atoms with Crippen molar-refractivity contribution >= 4 is 5.95 Å². The van der Waals surface area contributed by atoms with Gasteiger partial charge in [-0.1, -0.05) is 24.3 Å². The molecule has 3 aromatic rings. The van der Waals surface area contributed by atoms with Crippen LogP contribution in [0.15, 0.2) is 48.8 Å². The molecule has 0 unspecified atom stereocenters. The first kappa shape index (κ1) is 12.2. The summed E-state index contributed by atoms with van der Waals surface area (Å²) in [5.74, 6) is 0.274. The molecule has 0 aliphatic carbocycles. The molecular weight excluding hydrogens is 250 g/mol. The molecule has 3 rings (SSSR count). The standard InChI is InChI=1S/C15H13N5/c1-10-6-9-18-20-14(10)12-4-2-11(3-5-12)13-7-8-17-15(16)19-13/h2-9H,1H3,(H2,16,17,19). The zero-order valence-corrected chi connectivity index (χ0v) is 11.0. The number of benzene rings is 1. The van der Waals surface area contributed by atoms with Gasteiger partial charge in [-0.05, 0) is 24.6 Å². The fourth-order valence-corrected chi connectivity index (χ4v) is 2.01. The topological polar surface area (TPSA) is 77.6 Å². The Morgan fingerprint density at radius 1 is 0.900 bits per heavy atom. The molecule has 0 spiro atoms. The molecule has 0 radical (unpaired) electrons. The van der Waals surface area contributed by atoms with Gasteiger partial charge in [0.05, 0.1) is 11.4 Å². The SMILES string of the molecule is Cc1ccnnc1-c1ccc(-c2ccnc(N)n2)cc1. The van der Waals surface area contributed by atoms with Crippen LogP contribution < -0.4 is 5.73 Å². The minimum absolute atomic E-state index is 0.274. The molecule has 0 saturated heterocycles. The minimum Gasteiger partial charge on any atom is -0.368 e. The normalized spacial score (nSPS) is 10.4. The lowest BCUT2D eigenvalue weighted by Crippen LogP contribution is -1.95. The molecule has 0 amide bonds. The van der Waals surface area contributed by atoms with Crippen molar-refractivity contribution < 1.29 is 0 Å². The average molecular weight is 263 g/mol. The molecule has 20 heavy (non-hydrogen) atoms. The van der Waals surface area contributed by atoms with Crippen LogP contribution in [0, 0.1) is 6.92 Å². The van der Waals surface area contributed by atoms with Gasteiger partial charge in [-0.2, -0.15) is 10.2 Å². The first-order chi connectivity index (χ1) is 9.74. The molecule has 0 bridgehead atoms. The number of rotatable bonds is 2. The van der Waals surface area contributed by atoms with Gasteiger partial charge in [-0.25, -0.2) is 9.97 Å². The maximum atomic E-state index is 5.60. The highest BCUT2D eigenvalue weighted by molar-refractivity contribution is 5.68. The maximum absolute atomic E-state index is 5.60. The number of nitrogen functional groups attached to an aromatic ring is 1. The second-order valence-corrected chi connectivity index (χ2v) is 4.44. The van der Waals surface area contributed by atoms with Crippen molar-refractivity contribution in [3.8, 4) is 22.5 Å². The monoisotopic (exact) mass is 263 g/mol. The maximum Gasteiger partial charge on any atom is 0.220 e. The third kappa shape index (κ3) is 2.33. The molecule has 2 heterocycles. The minimum atomic E-state index is 0.274. The van der Waals surface area contributed by atoms with Crippen molar-refractivity contribution in [2.45, 2.75) is 6.92 Å². The summed E-state index contributed by atoms with van der Waals surface area (Å²) in [6.07, 6.45) is 3.34. The van der Waals surface area contributed by atoms with Crippen molar-refractivity contribution in [3.05, 3.63) is 54.4 Å². The van der Waals surface area contributed by atoms with E-state index in [0.29, 0.717) is 0 Å². The molecule has 5 heteroatoms. The molecule has 98 valence electrons. The van der Waals surface area contributed by atoms with Crippen LogP contribution in [0.5, 0.6) is 0 Å². The number of aromatic nitrogens is 4. The zero-order valence-electron chi connectivity index (χ0n) is 11.0. The van der Waals surface area contributed by atoms with Crippen LogP contribution in [0.1, 0.15) is 5.56 Å². The summed E-state index contributed by atoms with van der Waals surface area (Å²) in [6.45, 7) is 2.02. The zero-order chi connectivity index (χ0) is 13.9. The molecular formula is C15H13N5. The van der Waals surface area contributed by atoms with E-state index in [4.69, 9.17) is 5.73 Å². The summed E-state index contributed by atoms with van der Waals surface area (Å²) in [5, 5.41) is 8.10. The third-order valence-electron chi connectivity index (χ3n) is 3.05. The Balaban J connectivity index is 1.98. The van der Waals surface area contributed by atoms with Gasteiger partial charge in [0.15, 0.2) is 0 Å². The third-order valence-corrected chi connectivity index (χ3v) is 3.05. The van der Waals surface area contributed by atoms with Gasteiger partial charge in [0, 0.05) is 23.5 Å². The fraction of sp³-hybridized carbons (Fsp3) is 0.0667. The van der Waals surface area contributed by atoms with Gasteiger partial charge in [-0.15, -0.1) is 0 Å². The van der Waals surface area contributed by atoms with E-state index in [9.17, 15) is 0 Å². The summed E-state index contributed by atoms with van der Waals surface area (Å²) in [5.41, 5.74) is 10.4. The Morgan fingerprint density at radius 2 is 1.65 bits per heavy atom. The van der Waals surface area contributed by atoms with Gasteiger partial charge in [0.1, 0.15) is 0 Å².